The molecule has 1 aliphatic rings. The van der Waals surface area contributed by atoms with Crippen LogP contribution in [-0.4, -0.2) is 44.1 Å². The van der Waals surface area contributed by atoms with E-state index >= 15 is 0 Å². The van der Waals surface area contributed by atoms with Gasteiger partial charge in [-0.1, -0.05) is 13.0 Å². The molecule has 0 bridgehead atoms. The summed E-state index contributed by atoms with van der Waals surface area (Å²) in [5.74, 6) is 1.66. The summed E-state index contributed by atoms with van der Waals surface area (Å²) in [7, 11) is 1.84. The van der Waals surface area contributed by atoms with Crippen LogP contribution in [0, 0.1) is 5.92 Å². The molecule has 0 spiro atoms. The third-order valence-corrected chi connectivity index (χ3v) is 4.58. The van der Waals surface area contributed by atoms with E-state index in [0.717, 1.165) is 25.0 Å². The lowest BCUT2D eigenvalue weighted by atomic mass is 10.1. The molecule has 1 saturated heterocycles. The number of hydrogen-bond donors (Lipinski definition) is 2. The molecule has 2 heterocycles. The highest BCUT2D eigenvalue weighted by atomic mass is 127. The molecule has 0 aromatic carbocycles. The second-order valence-corrected chi connectivity index (χ2v) is 6.37. The molecule has 0 saturated carbocycles. The van der Waals surface area contributed by atoms with Gasteiger partial charge in [0.2, 0.25) is 0 Å². The molecule has 2 rings (SSSR count). The van der Waals surface area contributed by atoms with Gasteiger partial charge in [-0.2, -0.15) is 0 Å². The van der Waals surface area contributed by atoms with E-state index in [4.69, 9.17) is 0 Å². The van der Waals surface area contributed by atoms with E-state index < -0.39 is 0 Å². The van der Waals surface area contributed by atoms with Crippen LogP contribution < -0.4 is 10.6 Å². The molecule has 1 aliphatic heterocycles. The van der Waals surface area contributed by atoms with Gasteiger partial charge in [0.1, 0.15) is 0 Å². The Labute approximate surface area is 149 Å². The van der Waals surface area contributed by atoms with Gasteiger partial charge in [-0.25, -0.2) is 0 Å². The van der Waals surface area contributed by atoms with Crippen molar-refractivity contribution in [3.05, 3.63) is 22.4 Å². The maximum atomic E-state index is 4.29. The molecule has 120 valence electrons. The van der Waals surface area contributed by atoms with Crippen molar-refractivity contribution in [2.75, 3.05) is 33.2 Å². The number of halogens is 1. The van der Waals surface area contributed by atoms with Crippen molar-refractivity contribution < 1.29 is 0 Å². The molecule has 21 heavy (non-hydrogen) atoms. The first-order chi connectivity index (χ1) is 9.81. The minimum atomic E-state index is 0. The molecule has 0 amide bonds. The Bertz CT molecular complexity index is 408. The number of hydrogen-bond acceptors (Lipinski definition) is 3. The zero-order chi connectivity index (χ0) is 14.2. The quantitative estimate of drug-likeness (QED) is 0.421. The van der Waals surface area contributed by atoms with E-state index in [0.29, 0.717) is 0 Å². The first-order valence-electron chi connectivity index (χ1n) is 7.51. The molecule has 0 aliphatic carbocycles. The molecule has 0 radical (unpaired) electrons. The van der Waals surface area contributed by atoms with Crippen molar-refractivity contribution in [3.63, 3.8) is 0 Å². The third-order valence-electron chi connectivity index (χ3n) is 3.70. The Balaban J connectivity index is 0.00000220. The summed E-state index contributed by atoms with van der Waals surface area (Å²) in [6.45, 7) is 7.84. The fourth-order valence-electron chi connectivity index (χ4n) is 2.64. The third kappa shape index (κ3) is 6.52. The first-order valence-corrected chi connectivity index (χ1v) is 8.39. The maximum absolute atomic E-state index is 4.29. The smallest absolute Gasteiger partial charge is 0.191 e. The van der Waals surface area contributed by atoms with Crippen LogP contribution in [0.1, 0.15) is 24.6 Å². The number of likely N-dealkylation sites (tertiary alicyclic amines) is 1. The Morgan fingerprint density at radius 2 is 2.33 bits per heavy atom. The largest absolute Gasteiger partial charge is 0.356 e. The van der Waals surface area contributed by atoms with Crippen LogP contribution in [-0.2, 0) is 6.54 Å². The van der Waals surface area contributed by atoms with Gasteiger partial charge in [0, 0.05) is 25.0 Å². The monoisotopic (exact) mass is 422 g/mol. The highest BCUT2D eigenvalue weighted by Gasteiger charge is 2.21. The summed E-state index contributed by atoms with van der Waals surface area (Å²) < 4.78 is 0. The Kier molecular flexibility index (Phi) is 9.26. The van der Waals surface area contributed by atoms with E-state index in [2.05, 4.69) is 45.0 Å². The van der Waals surface area contributed by atoms with E-state index in [1.165, 1.54) is 37.4 Å². The summed E-state index contributed by atoms with van der Waals surface area (Å²) in [5.41, 5.74) is 0. The molecular weight excluding hydrogens is 395 g/mol. The fourth-order valence-corrected chi connectivity index (χ4v) is 3.29. The maximum Gasteiger partial charge on any atom is 0.191 e. The van der Waals surface area contributed by atoms with Gasteiger partial charge in [0.15, 0.2) is 5.96 Å². The van der Waals surface area contributed by atoms with Gasteiger partial charge < -0.3 is 15.5 Å². The van der Waals surface area contributed by atoms with Crippen molar-refractivity contribution >= 4 is 41.3 Å². The number of nitrogens with zero attached hydrogens (tertiary/aromatic N) is 2. The van der Waals surface area contributed by atoms with Gasteiger partial charge >= 0.3 is 0 Å². The lowest BCUT2D eigenvalue weighted by Gasteiger charge is -2.16. The lowest BCUT2D eigenvalue weighted by Crippen LogP contribution is -2.39. The minimum absolute atomic E-state index is 0. The highest BCUT2D eigenvalue weighted by Crippen LogP contribution is 2.15. The van der Waals surface area contributed by atoms with Crippen LogP contribution in [0.3, 0.4) is 0 Å². The summed E-state index contributed by atoms with van der Waals surface area (Å²) in [4.78, 5) is 8.19. The summed E-state index contributed by atoms with van der Waals surface area (Å²) in [6, 6.07) is 4.23. The van der Waals surface area contributed by atoms with Crippen molar-refractivity contribution in [1.82, 2.24) is 15.5 Å². The summed E-state index contributed by atoms with van der Waals surface area (Å²) >= 11 is 1.77. The van der Waals surface area contributed by atoms with Gasteiger partial charge in [-0.05, 0) is 43.3 Å². The Morgan fingerprint density at radius 1 is 1.48 bits per heavy atom. The minimum Gasteiger partial charge on any atom is -0.356 e. The second kappa shape index (κ2) is 10.4. The van der Waals surface area contributed by atoms with Gasteiger partial charge in [0.25, 0.3) is 0 Å². The van der Waals surface area contributed by atoms with Crippen LogP contribution in [0.2, 0.25) is 0 Å². The van der Waals surface area contributed by atoms with Crippen molar-refractivity contribution in [1.29, 1.82) is 0 Å². The SMILES string of the molecule is CCCN1CCC(CNC(=NC)NCc2cccs2)C1.I. The lowest BCUT2D eigenvalue weighted by molar-refractivity contribution is 0.324. The number of thiophene rings is 1. The molecule has 1 aromatic rings. The van der Waals surface area contributed by atoms with E-state index in [1.54, 1.807) is 11.3 Å². The van der Waals surface area contributed by atoms with E-state index in [-0.39, 0.29) is 24.0 Å². The zero-order valence-corrected chi connectivity index (χ0v) is 16.1. The van der Waals surface area contributed by atoms with Crippen molar-refractivity contribution in [2.45, 2.75) is 26.3 Å². The van der Waals surface area contributed by atoms with Crippen LogP contribution in [0.4, 0.5) is 0 Å². The Hall–Kier alpha value is -0.340. The van der Waals surface area contributed by atoms with Gasteiger partial charge in [-0.15, -0.1) is 35.3 Å². The highest BCUT2D eigenvalue weighted by molar-refractivity contribution is 14.0. The molecular formula is C15H27IN4S. The number of nitrogens with one attached hydrogen (secondary N) is 2. The van der Waals surface area contributed by atoms with Gasteiger partial charge in [0.05, 0.1) is 6.54 Å². The van der Waals surface area contributed by atoms with E-state index in [9.17, 15) is 0 Å². The fraction of sp³-hybridized carbons (Fsp3) is 0.667. The normalized spacial score (nSPS) is 19.3. The molecule has 2 N–H and O–H groups in total. The topological polar surface area (TPSA) is 39.7 Å². The number of guanidine groups is 1. The van der Waals surface area contributed by atoms with Crippen molar-refractivity contribution in [2.24, 2.45) is 10.9 Å². The van der Waals surface area contributed by atoms with Crippen LogP contribution in [0.25, 0.3) is 0 Å². The van der Waals surface area contributed by atoms with E-state index in [1.807, 2.05) is 7.05 Å². The number of aliphatic imine (C=N–C) groups is 1. The molecule has 1 fully saturated rings. The summed E-state index contributed by atoms with van der Waals surface area (Å²) in [6.07, 6.45) is 2.55. The zero-order valence-electron chi connectivity index (χ0n) is 13.0. The Morgan fingerprint density at radius 3 is 3.00 bits per heavy atom. The molecule has 1 atom stereocenters. The van der Waals surface area contributed by atoms with Gasteiger partial charge in [-0.3, -0.25) is 4.99 Å². The number of rotatable bonds is 6. The van der Waals surface area contributed by atoms with Crippen LogP contribution in [0.5, 0.6) is 0 Å². The predicted octanol–water partition coefficient (Wildman–Crippen LogP) is 2.76. The van der Waals surface area contributed by atoms with Crippen LogP contribution in [0.15, 0.2) is 22.5 Å². The summed E-state index contributed by atoms with van der Waals surface area (Å²) in [5, 5.41) is 8.93. The first kappa shape index (κ1) is 18.7. The molecule has 1 aromatic heterocycles. The molecule has 6 heteroatoms. The average Bonchev–Trinajstić information content (AvgIpc) is 3.11. The van der Waals surface area contributed by atoms with Crippen molar-refractivity contribution in [3.8, 4) is 0 Å². The predicted molar refractivity (Wildman–Crippen MR) is 103 cm³/mol. The second-order valence-electron chi connectivity index (χ2n) is 5.34. The molecule has 1 unspecified atom stereocenters. The average molecular weight is 422 g/mol. The molecule has 4 nitrogen and oxygen atoms in total. The standard InChI is InChI=1S/C15H26N4S.HI/c1-3-7-19-8-6-13(12-19)10-17-15(16-2)18-11-14-5-4-9-20-14;/h4-5,9,13H,3,6-8,10-12H2,1-2H3,(H2,16,17,18);1H. The van der Waals surface area contributed by atoms with Crippen LogP contribution >= 0.6 is 35.3 Å².